The first-order valence-electron chi connectivity index (χ1n) is 12.5. The number of carbonyl (C=O) groups is 2. The summed E-state index contributed by atoms with van der Waals surface area (Å²) in [5, 5.41) is 35.6. The Bertz CT molecular complexity index is 1200. The molecule has 13 heteroatoms. The molecular formula is C27H35N4NaO6S2. The fraction of sp³-hybridized carbons (Fsp3) is 0.444. The first-order valence-corrected chi connectivity index (χ1v) is 14.6. The van der Waals surface area contributed by atoms with Gasteiger partial charge in [0.2, 0.25) is 0 Å². The predicted molar refractivity (Wildman–Crippen MR) is 150 cm³/mol. The SMILES string of the molecule is CCCc1c(OCCCSc2ccc(C(SCc3nn[nH]n3)C(C)CC(=O)[O-])cc2)ccc(C(C)=O)c1O.O.[Na+]. The van der Waals surface area contributed by atoms with Gasteiger partial charge < -0.3 is 25.2 Å². The number of ketones is 1. The third kappa shape index (κ3) is 10.7. The van der Waals surface area contributed by atoms with Crippen LogP contribution >= 0.6 is 23.5 Å². The van der Waals surface area contributed by atoms with Crippen molar-refractivity contribution in [2.75, 3.05) is 12.4 Å². The van der Waals surface area contributed by atoms with Gasteiger partial charge in [-0.1, -0.05) is 37.6 Å². The second-order valence-corrected chi connectivity index (χ2v) is 11.3. The summed E-state index contributed by atoms with van der Waals surface area (Å²) in [5.41, 5.74) is 2.05. The quantitative estimate of drug-likeness (QED) is 0.103. The van der Waals surface area contributed by atoms with E-state index in [0.29, 0.717) is 41.5 Å². The second kappa shape index (κ2) is 18.4. The molecule has 1 heterocycles. The molecule has 2 atom stereocenters. The number of Topliss-reactive ketones (excluding diaryl/α,β-unsaturated/α-hetero) is 1. The Morgan fingerprint density at radius 2 is 1.90 bits per heavy atom. The molecule has 0 amide bonds. The van der Waals surface area contributed by atoms with Gasteiger partial charge in [-0.2, -0.15) is 5.21 Å². The van der Waals surface area contributed by atoms with Crippen LogP contribution in [0.15, 0.2) is 41.3 Å². The van der Waals surface area contributed by atoms with Crippen LogP contribution in [0.4, 0.5) is 0 Å². The molecule has 3 aromatic rings. The molecule has 2 aromatic carbocycles. The second-order valence-electron chi connectivity index (χ2n) is 8.98. The Labute approximate surface area is 265 Å². The van der Waals surface area contributed by atoms with Crippen LogP contribution in [-0.2, 0) is 17.0 Å². The van der Waals surface area contributed by atoms with Gasteiger partial charge in [-0.15, -0.1) is 33.7 Å². The molecule has 0 aliphatic carbocycles. The van der Waals surface area contributed by atoms with Crippen LogP contribution in [0.5, 0.6) is 11.5 Å². The monoisotopic (exact) mass is 598 g/mol. The normalized spacial score (nSPS) is 12.1. The van der Waals surface area contributed by atoms with Gasteiger partial charge in [-0.25, -0.2) is 0 Å². The van der Waals surface area contributed by atoms with Crippen molar-refractivity contribution >= 4 is 35.3 Å². The number of phenolic OH excluding ortho intramolecular Hbond substituents is 1. The van der Waals surface area contributed by atoms with Crippen molar-refractivity contribution in [3.8, 4) is 11.5 Å². The van der Waals surface area contributed by atoms with Gasteiger partial charge >= 0.3 is 29.6 Å². The van der Waals surface area contributed by atoms with Crippen molar-refractivity contribution in [2.24, 2.45) is 5.92 Å². The largest absolute Gasteiger partial charge is 1.00 e. The minimum atomic E-state index is -1.07. The number of ether oxygens (including phenoxy) is 1. The van der Waals surface area contributed by atoms with E-state index in [-0.39, 0.29) is 64.2 Å². The molecule has 0 fully saturated rings. The van der Waals surface area contributed by atoms with E-state index < -0.39 is 5.97 Å². The molecule has 0 aliphatic heterocycles. The van der Waals surface area contributed by atoms with Crippen LogP contribution in [0.2, 0.25) is 0 Å². The number of hydrogen-bond donors (Lipinski definition) is 2. The molecule has 3 rings (SSSR count). The van der Waals surface area contributed by atoms with Crippen LogP contribution in [0, 0.1) is 5.92 Å². The van der Waals surface area contributed by atoms with E-state index in [4.69, 9.17) is 4.74 Å². The van der Waals surface area contributed by atoms with Crippen LogP contribution in [0.1, 0.15) is 72.6 Å². The Balaban J connectivity index is 0.00000400. The van der Waals surface area contributed by atoms with Crippen molar-refractivity contribution in [1.82, 2.24) is 20.6 Å². The third-order valence-electron chi connectivity index (χ3n) is 5.93. The van der Waals surface area contributed by atoms with E-state index in [9.17, 15) is 19.8 Å². The topological polar surface area (TPSA) is 173 Å². The van der Waals surface area contributed by atoms with E-state index >= 15 is 0 Å². The maximum absolute atomic E-state index is 11.7. The number of aromatic hydroxyl groups is 1. The standard InChI is InChI=1S/C27H34N4O5S2.Na.H2O/c1-4-6-22-23(12-11-21(18(3)32)26(22)35)36-13-5-14-37-20-9-7-19(8-10-20)27(17(2)15-25(33)34)38-16-24-28-30-31-29-24;;/h7-12,17,27,35H,4-6,13-16H2,1-3H3,(H,33,34)(H,28,29,30,31);;1H2/q;+1;/p-1. The number of tetrazole rings is 1. The fourth-order valence-corrected chi connectivity index (χ4v) is 6.13. The zero-order chi connectivity index (χ0) is 27.5. The summed E-state index contributed by atoms with van der Waals surface area (Å²) >= 11 is 3.30. The summed E-state index contributed by atoms with van der Waals surface area (Å²) in [4.78, 5) is 24.1. The molecule has 1 aromatic heterocycles. The van der Waals surface area contributed by atoms with E-state index in [1.165, 1.54) is 6.92 Å². The van der Waals surface area contributed by atoms with Gasteiger partial charge in [0, 0.05) is 27.4 Å². The molecule has 0 spiro atoms. The number of benzene rings is 2. The van der Waals surface area contributed by atoms with E-state index in [2.05, 4.69) is 20.6 Å². The predicted octanol–water partition coefficient (Wildman–Crippen LogP) is 0.551. The number of hydrogen-bond acceptors (Lipinski definition) is 10. The molecule has 4 N–H and O–H groups in total. The number of phenols is 1. The van der Waals surface area contributed by atoms with E-state index in [1.807, 2.05) is 38.1 Å². The first-order chi connectivity index (χ1) is 18.3. The van der Waals surface area contributed by atoms with Crippen molar-refractivity contribution < 1.29 is 59.6 Å². The smallest absolute Gasteiger partial charge is 0.550 e. The van der Waals surface area contributed by atoms with Crippen molar-refractivity contribution in [3.05, 3.63) is 58.9 Å². The Morgan fingerprint density at radius 1 is 1.18 bits per heavy atom. The molecule has 0 saturated carbocycles. The van der Waals surface area contributed by atoms with Gasteiger partial charge in [-0.05, 0) is 61.9 Å². The number of rotatable bonds is 16. The summed E-state index contributed by atoms with van der Waals surface area (Å²) in [6.07, 6.45) is 2.24. The van der Waals surface area contributed by atoms with Crippen LogP contribution < -0.4 is 39.4 Å². The number of aliphatic carboxylic acids is 1. The minimum Gasteiger partial charge on any atom is -0.550 e. The van der Waals surface area contributed by atoms with Gasteiger partial charge in [-0.3, -0.25) is 4.79 Å². The van der Waals surface area contributed by atoms with Gasteiger partial charge in [0.15, 0.2) is 11.6 Å². The average molecular weight is 599 g/mol. The minimum absolute atomic E-state index is 0. The summed E-state index contributed by atoms with van der Waals surface area (Å²) in [5.74, 6) is 1.22. The number of carbonyl (C=O) groups excluding carboxylic acids is 2. The zero-order valence-electron chi connectivity index (χ0n) is 23.3. The maximum Gasteiger partial charge on any atom is 1.00 e. The fourth-order valence-electron chi connectivity index (χ4n) is 4.08. The third-order valence-corrected chi connectivity index (χ3v) is 8.55. The molecule has 0 aliphatic rings. The zero-order valence-corrected chi connectivity index (χ0v) is 26.9. The number of nitrogens with one attached hydrogen (secondary N) is 1. The number of aromatic amines is 1. The number of carboxylic acid groups (broad SMARTS) is 1. The Hall–Kier alpha value is -2.09. The van der Waals surface area contributed by atoms with Crippen LogP contribution in [0.3, 0.4) is 0 Å². The Morgan fingerprint density at radius 3 is 2.50 bits per heavy atom. The van der Waals surface area contributed by atoms with Crippen LogP contribution in [0.25, 0.3) is 0 Å². The molecule has 212 valence electrons. The van der Waals surface area contributed by atoms with E-state index in [0.717, 1.165) is 29.1 Å². The Kier molecular flexibility index (Phi) is 16.5. The van der Waals surface area contributed by atoms with Crippen molar-refractivity contribution in [2.45, 2.75) is 62.4 Å². The molecule has 0 saturated heterocycles. The van der Waals surface area contributed by atoms with Crippen molar-refractivity contribution in [1.29, 1.82) is 0 Å². The summed E-state index contributed by atoms with van der Waals surface area (Å²) < 4.78 is 5.95. The molecule has 40 heavy (non-hydrogen) atoms. The number of aromatic nitrogens is 4. The maximum atomic E-state index is 11.7. The first kappa shape index (κ1) is 35.9. The number of carboxylic acids is 1. The molecular weight excluding hydrogens is 563 g/mol. The van der Waals surface area contributed by atoms with E-state index in [1.54, 1.807) is 35.7 Å². The summed E-state index contributed by atoms with van der Waals surface area (Å²) in [7, 11) is 0. The molecule has 10 nitrogen and oxygen atoms in total. The van der Waals surface area contributed by atoms with Gasteiger partial charge in [0.05, 0.1) is 17.9 Å². The number of nitrogens with zero attached hydrogens (tertiary/aromatic N) is 3. The van der Waals surface area contributed by atoms with Gasteiger partial charge in [0.1, 0.15) is 11.5 Å². The average Bonchev–Trinajstić information content (AvgIpc) is 3.40. The van der Waals surface area contributed by atoms with Crippen molar-refractivity contribution in [3.63, 3.8) is 0 Å². The summed E-state index contributed by atoms with van der Waals surface area (Å²) in [6.45, 7) is 5.87. The summed E-state index contributed by atoms with van der Waals surface area (Å²) in [6, 6.07) is 11.6. The number of thioether (sulfide) groups is 2. The number of H-pyrrole nitrogens is 1. The molecule has 0 radical (unpaired) electrons. The molecule has 0 bridgehead atoms. The molecule has 2 unspecified atom stereocenters. The van der Waals surface area contributed by atoms with Crippen LogP contribution in [-0.4, -0.2) is 55.3 Å². The van der Waals surface area contributed by atoms with Gasteiger partial charge in [0.25, 0.3) is 0 Å².